The lowest BCUT2D eigenvalue weighted by Crippen LogP contribution is -1.97. The second-order valence-electron chi connectivity index (χ2n) is 4.85. The summed E-state index contributed by atoms with van der Waals surface area (Å²) in [4.78, 5) is 0. The molecule has 0 aliphatic carbocycles. The van der Waals surface area contributed by atoms with Crippen LogP contribution in [-0.4, -0.2) is 38.4 Å². The van der Waals surface area contributed by atoms with E-state index >= 15 is 0 Å². The van der Waals surface area contributed by atoms with E-state index < -0.39 is 0 Å². The van der Waals surface area contributed by atoms with Gasteiger partial charge >= 0.3 is 0 Å². The van der Waals surface area contributed by atoms with Gasteiger partial charge in [-0.3, -0.25) is 0 Å². The van der Waals surface area contributed by atoms with Crippen LogP contribution in [0.3, 0.4) is 0 Å². The number of aromatic hydroxyl groups is 2. The lowest BCUT2D eigenvalue weighted by molar-refractivity contribution is 0.416. The summed E-state index contributed by atoms with van der Waals surface area (Å²) < 4.78 is 7.06. The van der Waals surface area contributed by atoms with Crippen LogP contribution in [0, 0.1) is 4.77 Å². The van der Waals surface area contributed by atoms with Crippen molar-refractivity contribution < 1.29 is 14.9 Å². The molecule has 0 unspecified atom stereocenters. The fraction of sp³-hybridized carbons (Fsp3) is 0.0625. The van der Waals surface area contributed by atoms with Crippen molar-refractivity contribution in [2.75, 3.05) is 7.11 Å². The Kier molecular flexibility index (Phi) is 4.30. The zero-order chi connectivity index (χ0) is 17.1. The topological polar surface area (TPSA) is 95.7 Å². The van der Waals surface area contributed by atoms with Gasteiger partial charge in [-0.25, -0.2) is 5.10 Å². The van der Waals surface area contributed by atoms with E-state index in [2.05, 4.69) is 15.3 Å². The summed E-state index contributed by atoms with van der Waals surface area (Å²) in [5.74, 6) is 0.995. The molecular weight excluding hydrogens is 328 g/mol. The van der Waals surface area contributed by atoms with Gasteiger partial charge in [0.2, 0.25) is 4.77 Å². The summed E-state index contributed by atoms with van der Waals surface area (Å²) in [7, 11) is 1.57. The minimum absolute atomic E-state index is 0.0284. The average molecular weight is 342 g/mol. The highest BCUT2D eigenvalue weighted by Gasteiger charge is 2.13. The number of methoxy groups -OCH3 is 1. The largest absolute Gasteiger partial charge is 0.508 e. The SMILES string of the molecule is COc1ccccc1-c1n[nH]c(=S)n1N=Cc1ccc(O)cc1O. The molecule has 0 aliphatic rings. The maximum absolute atomic E-state index is 9.83. The summed E-state index contributed by atoms with van der Waals surface area (Å²) in [6, 6.07) is 11.6. The molecular formula is C16H14N4O3S. The van der Waals surface area contributed by atoms with Crippen LogP contribution in [0.1, 0.15) is 5.56 Å². The maximum atomic E-state index is 9.83. The van der Waals surface area contributed by atoms with E-state index in [0.29, 0.717) is 21.9 Å². The van der Waals surface area contributed by atoms with Gasteiger partial charge in [-0.15, -0.1) is 0 Å². The molecule has 8 heteroatoms. The average Bonchev–Trinajstić information content (AvgIpc) is 2.94. The Balaban J connectivity index is 2.05. The van der Waals surface area contributed by atoms with Crippen LogP contribution in [0.4, 0.5) is 0 Å². The molecule has 2 aromatic carbocycles. The van der Waals surface area contributed by atoms with Gasteiger partial charge < -0.3 is 14.9 Å². The molecule has 3 aromatic rings. The van der Waals surface area contributed by atoms with Crippen molar-refractivity contribution in [1.82, 2.24) is 14.9 Å². The number of aromatic nitrogens is 3. The Morgan fingerprint density at radius 3 is 2.79 bits per heavy atom. The van der Waals surface area contributed by atoms with E-state index in [0.717, 1.165) is 5.56 Å². The summed E-state index contributed by atoms with van der Waals surface area (Å²) in [5.41, 5.74) is 1.15. The van der Waals surface area contributed by atoms with Gasteiger partial charge in [0.25, 0.3) is 0 Å². The van der Waals surface area contributed by atoms with E-state index in [9.17, 15) is 10.2 Å². The number of nitrogens with one attached hydrogen (secondary N) is 1. The van der Waals surface area contributed by atoms with E-state index in [1.165, 1.54) is 23.0 Å². The van der Waals surface area contributed by atoms with Crippen LogP contribution in [-0.2, 0) is 0 Å². The molecule has 0 fully saturated rings. The number of benzene rings is 2. The smallest absolute Gasteiger partial charge is 0.216 e. The summed E-state index contributed by atoms with van der Waals surface area (Å²) in [6.07, 6.45) is 1.43. The number of rotatable bonds is 4. The van der Waals surface area contributed by atoms with Crippen LogP contribution in [0.5, 0.6) is 17.2 Å². The monoisotopic (exact) mass is 342 g/mol. The minimum atomic E-state index is -0.0902. The van der Waals surface area contributed by atoms with Crippen LogP contribution in [0.25, 0.3) is 11.4 Å². The first-order chi connectivity index (χ1) is 11.6. The molecule has 0 atom stereocenters. The lowest BCUT2D eigenvalue weighted by atomic mass is 10.2. The van der Waals surface area contributed by atoms with Crippen molar-refractivity contribution >= 4 is 18.4 Å². The van der Waals surface area contributed by atoms with Crippen LogP contribution < -0.4 is 4.74 Å². The maximum Gasteiger partial charge on any atom is 0.216 e. The highest BCUT2D eigenvalue weighted by atomic mass is 32.1. The Morgan fingerprint density at radius 2 is 2.04 bits per heavy atom. The third-order valence-corrected chi connectivity index (χ3v) is 3.59. The molecule has 3 N–H and O–H groups in total. The van der Waals surface area contributed by atoms with Crippen LogP contribution in [0.2, 0.25) is 0 Å². The number of hydrogen-bond acceptors (Lipinski definition) is 6. The number of phenols is 2. The van der Waals surface area contributed by atoms with Gasteiger partial charge in [0.15, 0.2) is 5.82 Å². The van der Waals surface area contributed by atoms with Crippen LogP contribution in [0.15, 0.2) is 47.6 Å². The number of para-hydroxylation sites is 1. The van der Waals surface area contributed by atoms with Crippen molar-refractivity contribution in [1.29, 1.82) is 0 Å². The predicted molar refractivity (Wildman–Crippen MR) is 92.2 cm³/mol. The molecule has 1 heterocycles. The second kappa shape index (κ2) is 6.55. The number of nitrogens with zero attached hydrogens (tertiary/aromatic N) is 3. The summed E-state index contributed by atoms with van der Waals surface area (Å²) in [6.45, 7) is 0. The number of ether oxygens (including phenoxy) is 1. The Hall–Kier alpha value is -3.13. The normalized spacial score (nSPS) is 11.0. The second-order valence-corrected chi connectivity index (χ2v) is 5.24. The van der Waals surface area contributed by atoms with E-state index in [4.69, 9.17) is 17.0 Å². The molecule has 0 aliphatic heterocycles. The van der Waals surface area contributed by atoms with Crippen molar-refractivity contribution in [3.63, 3.8) is 0 Å². The lowest BCUT2D eigenvalue weighted by Gasteiger charge is -2.07. The fourth-order valence-electron chi connectivity index (χ4n) is 2.16. The Bertz CT molecular complexity index is 962. The van der Waals surface area contributed by atoms with Crippen molar-refractivity contribution in [3.8, 4) is 28.6 Å². The molecule has 0 radical (unpaired) electrons. The molecule has 0 amide bonds. The minimum Gasteiger partial charge on any atom is -0.508 e. The van der Waals surface area contributed by atoms with Gasteiger partial charge in [0.1, 0.15) is 17.2 Å². The molecule has 1 aromatic heterocycles. The highest BCUT2D eigenvalue weighted by molar-refractivity contribution is 7.71. The molecule has 7 nitrogen and oxygen atoms in total. The summed E-state index contributed by atoms with van der Waals surface area (Å²) >= 11 is 5.21. The molecule has 3 rings (SSSR count). The number of H-pyrrole nitrogens is 1. The molecule has 24 heavy (non-hydrogen) atoms. The van der Waals surface area contributed by atoms with Gasteiger partial charge in [-0.1, -0.05) is 12.1 Å². The van der Waals surface area contributed by atoms with Gasteiger partial charge in [-0.05, 0) is 36.5 Å². The van der Waals surface area contributed by atoms with E-state index in [1.807, 2.05) is 24.3 Å². The third-order valence-electron chi connectivity index (χ3n) is 3.32. The number of hydrogen-bond donors (Lipinski definition) is 3. The first-order valence-electron chi connectivity index (χ1n) is 6.97. The number of phenolic OH excluding ortho intramolecular Hbond substituents is 2. The van der Waals surface area contributed by atoms with Gasteiger partial charge in [0, 0.05) is 11.6 Å². The fourth-order valence-corrected chi connectivity index (χ4v) is 2.34. The Morgan fingerprint density at radius 1 is 1.25 bits per heavy atom. The van der Waals surface area contributed by atoms with Crippen molar-refractivity contribution in [2.45, 2.75) is 0 Å². The first kappa shape index (κ1) is 15.8. The van der Waals surface area contributed by atoms with Crippen LogP contribution >= 0.6 is 12.2 Å². The molecule has 122 valence electrons. The highest BCUT2D eigenvalue weighted by Crippen LogP contribution is 2.28. The third kappa shape index (κ3) is 2.99. The zero-order valence-electron chi connectivity index (χ0n) is 12.7. The van der Waals surface area contributed by atoms with Gasteiger partial charge in [-0.2, -0.15) is 14.9 Å². The van der Waals surface area contributed by atoms with Gasteiger partial charge in [0.05, 0.1) is 18.9 Å². The molecule has 0 spiro atoms. The first-order valence-corrected chi connectivity index (χ1v) is 7.38. The molecule has 0 saturated carbocycles. The standard InChI is InChI=1S/C16H14N4O3S/c1-23-14-5-3-2-4-12(14)15-18-19-16(24)20(15)17-9-10-6-7-11(21)8-13(10)22/h2-9,21-22H,1H3,(H,19,24). The quantitative estimate of drug-likeness (QED) is 0.500. The van der Waals surface area contributed by atoms with E-state index in [1.54, 1.807) is 13.2 Å². The van der Waals surface area contributed by atoms with Crippen molar-refractivity contribution in [3.05, 3.63) is 52.8 Å². The predicted octanol–water partition coefficient (Wildman–Crippen LogP) is 2.91. The van der Waals surface area contributed by atoms with E-state index in [-0.39, 0.29) is 11.5 Å². The molecule has 0 bridgehead atoms. The number of aromatic amines is 1. The zero-order valence-corrected chi connectivity index (χ0v) is 13.5. The Labute approximate surface area is 142 Å². The molecule has 0 saturated heterocycles. The summed E-state index contributed by atoms with van der Waals surface area (Å²) in [5, 5.41) is 30.3. The van der Waals surface area contributed by atoms with Crippen molar-refractivity contribution in [2.24, 2.45) is 5.10 Å².